The minimum absolute atomic E-state index is 0.345. The summed E-state index contributed by atoms with van der Waals surface area (Å²) in [4.78, 5) is 9.07. The maximum atomic E-state index is 4.54. The lowest BCUT2D eigenvalue weighted by Gasteiger charge is -2.11. The predicted molar refractivity (Wildman–Crippen MR) is 80.4 cm³/mol. The lowest BCUT2D eigenvalue weighted by atomic mass is 9.96. The van der Waals surface area contributed by atoms with Crippen molar-refractivity contribution in [3.05, 3.63) is 72.1 Å². The zero-order chi connectivity index (χ0) is 13.5. The van der Waals surface area contributed by atoms with Crippen LogP contribution in [0.4, 0.5) is 0 Å². The van der Waals surface area contributed by atoms with Crippen LogP contribution in [-0.2, 0) is 0 Å². The zero-order valence-electron chi connectivity index (χ0n) is 11.2. The van der Waals surface area contributed by atoms with Gasteiger partial charge in [-0.25, -0.2) is 9.97 Å². The molecule has 0 fully saturated rings. The third-order valence-electron chi connectivity index (χ3n) is 4.05. The van der Waals surface area contributed by atoms with E-state index < -0.39 is 0 Å². The van der Waals surface area contributed by atoms with Gasteiger partial charge in [0, 0.05) is 22.6 Å². The van der Waals surface area contributed by atoms with Crippen molar-refractivity contribution >= 4 is 0 Å². The molecule has 3 aromatic rings. The Kier molecular flexibility index (Phi) is 2.43. The van der Waals surface area contributed by atoms with Gasteiger partial charge in [-0.05, 0) is 5.56 Å². The van der Waals surface area contributed by atoms with Crippen molar-refractivity contribution in [2.45, 2.75) is 12.8 Å². The molecule has 2 heteroatoms. The highest BCUT2D eigenvalue weighted by atomic mass is 14.9. The van der Waals surface area contributed by atoms with E-state index >= 15 is 0 Å². The average molecular weight is 258 g/mol. The Morgan fingerprint density at radius 1 is 0.800 bits per heavy atom. The minimum atomic E-state index is 0.345. The molecule has 1 unspecified atom stereocenters. The molecular weight excluding hydrogens is 244 g/mol. The Balaban J connectivity index is 2.00. The molecule has 0 saturated carbocycles. The first-order valence-electron chi connectivity index (χ1n) is 6.86. The zero-order valence-corrected chi connectivity index (χ0v) is 11.2. The number of hydrogen-bond donors (Lipinski definition) is 0. The largest absolute Gasteiger partial charge is 0.236 e. The van der Waals surface area contributed by atoms with Gasteiger partial charge in [-0.15, -0.1) is 0 Å². The smallest absolute Gasteiger partial charge is 0.116 e. The maximum absolute atomic E-state index is 4.54. The second kappa shape index (κ2) is 4.27. The minimum Gasteiger partial charge on any atom is -0.236 e. The summed E-state index contributed by atoms with van der Waals surface area (Å²) >= 11 is 0. The fourth-order valence-electron chi connectivity index (χ4n) is 3.09. The third-order valence-corrected chi connectivity index (χ3v) is 4.05. The summed E-state index contributed by atoms with van der Waals surface area (Å²) in [5.41, 5.74) is 7.14. The van der Waals surface area contributed by atoms with Crippen LogP contribution in [0.2, 0.25) is 0 Å². The second-order valence-electron chi connectivity index (χ2n) is 5.16. The van der Waals surface area contributed by atoms with Gasteiger partial charge in [0.1, 0.15) is 6.33 Å². The fourth-order valence-corrected chi connectivity index (χ4v) is 3.09. The molecule has 96 valence electrons. The molecule has 0 N–H and O–H groups in total. The molecule has 0 aliphatic heterocycles. The van der Waals surface area contributed by atoms with Crippen LogP contribution in [0.15, 0.2) is 60.9 Å². The molecule has 1 aliphatic rings. The van der Waals surface area contributed by atoms with Crippen LogP contribution in [0, 0.1) is 0 Å². The van der Waals surface area contributed by atoms with Gasteiger partial charge in [-0.1, -0.05) is 61.5 Å². The van der Waals surface area contributed by atoms with Crippen LogP contribution in [0.5, 0.6) is 0 Å². The van der Waals surface area contributed by atoms with E-state index in [1.807, 2.05) is 6.07 Å². The molecule has 20 heavy (non-hydrogen) atoms. The van der Waals surface area contributed by atoms with Crippen LogP contribution in [0.1, 0.15) is 24.0 Å². The molecule has 1 aromatic heterocycles. The molecule has 1 aliphatic carbocycles. The van der Waals surface area contributed by atoms with Gasteiger partial charge in [0.25, 0.3) is 0 Å². The van der Waals surface area contributed by atoms with E-state index in [-0.39, 0.29) is 0 Å². The van der Waals surface area contributed by atoms with Gasteiger partial charge in [-0.3, -0.25) is 0 Å². The molecule has 0 radical (unpaired) electrons. The second-order valence-corrected chi connectivity index (χ2v) is 5.16. The summed E-state index contributed by atoms with van der Waals surface area (Å²) < 4.78 is 0. The summed E-state index contributed by atoms with van der Waals surface area (Å²) in [7, 11) is 0. The summed E-state index contributed by atoms with van der Waals surface area (Å²) in [6.07, 6.45) is 1.68. The van der Waals surface area contributed by atoms with E-state index in [1.54, 1.807) is 6.33 Å². The molecule has 1 atom stereocenters. The molecule has 4 rings (SSSR count). The van der Waals surface area contributed by atoms with Crippen LogP contribution < -0.4 is 0 Å². The van der Waals surface area contributed by atoms with E-state index in [0.29, 0.717) is 5.92 Å². The molecular formula is C18H14N2. The first-order chi connectivity index (χ1) is 9.86. The van der Waals surface area contributed by atoms with Crippen LogP contribution in [0.25, 0.3) is 22.5 Å². The van der Waals surface area contributed by atoms with Crippen molar-refractivity contribution < 1.29 is 0 Å². The van der Waals surface area contributed by atoms with E-state index in [1.165, 1.54) is 16.7 Å². The first kappa shape index (κ1) is 11.4. The van der Waals surface area contributed by atoms with Gasteiger partial charge < -0.3 is 0 Å². The number of nitrogens with zero attached hydrogens (tertiary/aromatic N) is 2. The summed E-state index contributed by atoms with van der Waals surface area (Å²) in [6, 6.07) is 18.9. The van der Waals surface area contributed by atoms with E-state index in [9.17, 15) is 0 Å². The van der Waals surface area contributed by atoms with Crippen molar-refractivity contribution in [1.29, 1.82) is 0 Å². The highest BCUT2D eigenvalue weighted by molar-refractivity contribution is 5.82. The van der Waals surface area contributed by atoms with Crippen molar-refractivity contribution in [3.63, 3.8) is 0 Å². The Morgan fingerprint density at radius 3 is 2.35 bits per heavy atom. The number of fused-ring (bicyclic) bond motifs is 3. The van der Waals surface area contributed by atoms with Crippen molar-refractivity contribution in [3.8, 4) is 22.5 Å². The highest BCUT2D eigenvalue weighted by Gasteiger charge is 2.29. The van der Waals surface area contributed by atoms with E-state index in [0.717, 1.165) is 17.0 Å². The molecule has 2 nitrogen and oxygen atoms in total. The van der Waals surface area contributed by atoms with E-state index in [2.05, 4.69) is 65.4 Å². The molecule has 2 aromatic carbocycles. The van der Waals surface area contributed by atoms with Gasteiger partial charge in [-0.2, -0.15) is 0 Å². The standard InChI is InChI=1S/C18H14N2/c1-12-14-9-5-6-10-15(14)18-16(12)17(19-11-20-18)13-7-3-2-4-8-13/h2-12H,1H3. The Morgan fingerprint density at radius 2 is 1.50 bits per heavy atom. The van der Waals surface area contributed by atoms with Crippen LogP contribution in [0.3, 0.4) is 0 Å². The monoisotopic (exact) mass is 258 g/mol. The summed E-state index contributed by atoms with van der Waals surface area (Å²) in [5, 5.41) is 0. The van der Waals surface area contributed by atoms with Crippen LogP contribution >= 0.6 is 0 Å². The predicted octanol–water partition coefficient (Wildman–Crippen LogP) is 4.28. The maximum Gasteiger partial charge on any atom is 0.116 e. The molecule has 0 amide bonds. The lowest BCUT2D eigenvalue weighted by molar-refractivity contribution is 0.940. The Hall–Kier alpha value is -2.48. The summed E-state index contributed by atoms with van der Waals surface area (Å²) in [5.74, 6) is 0.345. The number of rotatable bonds is 1. The van der Waals surface area contributed by atoms with Gasteiger partial charge in [0.15, 0.2) is 0 Å². The third kappa shape index (κ3) is 1.51. The van der Waals surface area contributed by atoms with Crippen molar-refractivity contribution in [1.82, 2.24) is 9.97 Å². The van der Waals surface area contributed by atoms with Crippen LogP contribution in [-0.4, -0.2) is 9.97 Å². The quantitative estimate of drug-likeness (QED) is 0.651. The first-order valence-corrected chi connectivity index (χ1v) is 6.86. The van der Waals surface area contributed by atoms with Gasteiger partial charge >= 0.3 is 0 Å². The summed E-state index contributed by atoms with van der Waals surface area (Å²) in [6.45, 7) is 2.24. The molecule has 0 saturated heterocycles. The van der Waals surface area contributed by atoms with E-state index in [4.69, 9.17) is 0 Å². The molecule has 0 bridgehead atoms. The number of aromatic nitrogens is 2. The van der Waals surface area contributed by atoms with Gasteiger partial charge in [0.2, 0.25) is 0 Å². The normalized spacial score (nSPS) is 15.8. The SMILES string of the molecule is CC1c2ccccc2-c2ncnc(-c3ccccc3)c21. The Bertz CT molecular complexity index is 778. The average Bonchev–Trinajstić information content (AvgIpc) is 2.82. The van der Waals surface area contributed by atoms with Crippen molar-refractivity contribution in [2.24, 2.45) is 0 Å². The molecule has 1 heterocycles. The highest BCUT2D eigenvalue weighted by Crippen LogP contribution is 2.46. The fraction of sp³-hybridized carbons (Fsp3) is 0.111. The number of benzene rings is 2. The Labute approximate surface area is 118 Å². The van der Waals surface area contributed by atoms with Gasteiger partial charge in [0.05, 0.1) is 11.4 Å². The molecule has 0 spiro atoms. The lowest BCUT2D eigenvalue weighted by Crippen LogP contribution is -1.97. The topological polar surface area (TPSA) is 25.8 Å². The number of hydrogen-bond acceptors (Lipinski definition) is 2. The van der Waals surface area contributed by atoms with Crippen molar-refractivity contribution in [2.75, 3.05) is 0 Å².